The van der Waals surface area contributed by atoms with E-state index in [4.69, 9.17) is 28.9 Å². The average Bonchev–Trinajstić information content (AvgIpc) is 2.36. The molecule has 2 aromatic rings. The summed E-state index contributed by atoms with van der Waals surface area (Å²) in [6, 6.07) is 7.76. The maximum absolute atomic E-state index is 13.9. The number of benzene rings is 2. The molecular weight excluding hydrogens is 305 g/mol. The fraction of sp³-hybridized carbons (Fsp3) is 0.143. The van der Waals surface area contributed by atoms with Crippen molar-refractivity contribution in [2.75, 3.05) is 11.9 Å². The average molecular weight is 317 g/mol. The predicted octanol–water partition coefficient (Wildman–Crippen LogP) is 4.38. The van der Waals surface area contributed by atoms with Crippen molar-refractivity contribution < 1.29 is 8.78 Å². The molecule has 1 unspecified atom stereocenters. The van der Waals surface area contributed by atoms with Gasteiger partial charge in [0.05, 0.1) is 6.04 Å². The number of hydrogen-bond donors (Lipinski definition) is 2. The summed E-state index contributed by atoms with van der Waals surface area (Å²) in [4.78, 5) is 0. The van der Waals surface area contributed by atoms with Gasteiger partial charge < -0.3 is 11.1 Å². The summed E-state index contributed by atoms with van der Waals surface area (Å²) >= 11 is 11.8. The van der Waals surface area contributed by atoms with Crippen molar-refractivity contribution in [1.29, 1.82) is 0 Å². The van der Waals surface area contributed by atoms with Crippen LogP contribution in [0.4, 0.5) is 14.5 Å². The summed E-state index contributed by atoms with van der Waals surface area (Å²) in [6.45, 7) is 0.0920. The highest BCUT2D eigenvalue weighted by Gasteiger charge is 2.18. The highest BCUT2D eigenvalue weighted by molar-refractivity contribution is 6.31. The van der Waals surface area contributed by atoms with E-state index in [1.165, 1.54) is 30.3 Å². The summed E-state index contributed by atoms with van der Waals surface area (Å²) in [5, 5.41) is 3.43. The summed E-state index contributed by atoms with van der Waals surface area (Å²) < 4.78 is 27.2. The van der Waals surface area contributed by atoms with Crippen LogP contribution in [0.5, 0.6) is 0 Å². The molecule has 0 aliphatic rings. The highest BCUT2D eigenvalue weighted by Crippen LogP contribution is 2.29. The van der Waals surface area contributed by atoms with Gasteiger partial charge in [0.1, 0.15) is 11.6 Å². The molecule has 2 aromatic carbocycles. The van der Waals surface area contributed by atoms with Gasteiger partial charge in [-0.1, -0.05) is 29.3 Å². The first-order valence-corrected chi connectivity index (χ1v) is 6.63. The molecule has 0 saturated heterocycles. The topological polar surface area (TPSA) is 38.0 Å². The Morgan fingerprint density at radius 3 is 2.50 bits per heavy atom. The Morgan fingerprint density at radius 1 is 1.15 bits per heavy atom. The van der Waals surface area contributed by atoms with Crippen LogP contribution in [0.15, 0.2) is 36.4 Å². The van der Waals surface area contributed by atoms with Crippen LogP contribution in [0.1, 0.15) is 11.6 Å². The first-order chi connectivity index (χ1) is 9.51. The minimum Gasteiger partial charge on any atom is -0.377 e. The van der Waals surface area contributed by atoms with E-state index >= 15 is 0 Å². The second-order valence-electron chi connectivity index (χ2n) is 4.23. The first kappa shape index (κ1) is 15.0. The first-order valence-electron chi connectivity index (χ1n) is 5.88. The molecule has 0 amide bonds. The molecular formula is C14H12Cl2F2N2. The zero-order chi connectivity index (χ0) is 14.7. The molecule has 6 heteroatoms. The SMILES string of the molecule is NCC(Nc1cc(F)cc(Cl)c1)c1c(F)cccc1Cl. The molecule has 2 rings (SSSR count). The van der Waals surface area contributed by atoms with Gasteiger partial charge in [-0.05, 0) is 30.3 Å². The Labute approximate surface area is 125 Å². The fourth-order valence-corrected chi connectivity index (χ4v) is 2.45. The molecule has 3 N–H and O–H groups in total. The van der Waals surface area contributed by atoms with E-state index < -0.39 is 17.7 Å². The Balaban J connectivity index is 2.34. The quantitative estimate of drug-likeness (QED) is 0.878. The molecule has 0 bridgehead atoms. The zero-order valence-corrected chi connectivity index (χ0v) is 11.8. The number of anilines is 1. The van der Waals surface area contributed by atoms with Crippen molar-refractivity contribution in [1.82, 2.24) is 0 Å². The van der Waals surface area contributed by atoms with Crippen LogP contribution >= 0.6 is 23.2 Å². The molecule has 20 heavy (non-hydrogen) atoms. The molecule has 0 aromatic heterocycles. The van der Waals surface area contributed by atoms with Crippen LogP contribution in [0.2, 0.25) is 10.0 Å². The van der Waals surface area contributed by atoms with Gasteiger partial charge >= 0.3 is 0 Å². The van der Waals surface area contributed by atoms with Crippen molar-refractivity contribution >= 4 is 28.9 Å². The van der Waals surface area contributed by atoms with Gasteiger partial charge in [-0.25, -0.2) is 8.78 Å². The lowest BCUT2D eigenvalue weighted by Gasteiger charge is -2.20. The lowest BCUT2D eigenvalue weighted by Crippen LogP contribution is -2.22. The van der Waals surface area contributed by atoms with Gasteiger partial charge in [0.2, 0.25) is 0 Å². The minimum absolute atomic E-state index is 0.0920. The Kier molecular flexibility index (Phi) is 4.81. The second kappa shape index (κ2) is 6.39. The molecule has 0 heterocycles. The molecule has 0 saturated carbocycles. The summed E-state index contributed by atoms with van der Waals surface area (Å²) in [7, 11) is 0. The number of hydrogen-bond acceptors (Lipinski definition) is 2. The largest absolute Gasteiger partial charge is 0.377 e. The van der Waals surface area contributed by atoms with Gasteiger partial charge in [0.25, 0.3) is 0 Å². The van der Waals surface area contributed by atoms with E-state index in [1.54, 1.807) is 6.07 Å². The van der Waals surface area contributed by atoms with Crippen molar-refractivity contribution in [2.45, 2.75) is 6.04 Å². The predicted molar refractivity (Wildman–Crippen MR) is 78.2 cm³/mol. The van der Waals surface area contributed by atoms with Crippen molar-refractivity contribution in [3.63, 3.8) is 0 Å². The second-order valence-corrected chi connectivity index (χ2v) is 5.07. The van der Waals surface area contributed by atoms with Gasteiger partial charge in [0.15, 0.2) is 0 Å². The summed E-state index contributed by atoms with van der Waals surface area (Å²) in [5.74, 6) is -0.960. The van der Waals surface area contributed by atoms with E-state index in [1.807, 2.05) is 0 Å². The standard InChI is InChI=1S/C14H12Cl2F2N2/c15-8-4-9(17)6-10(5-8)20-13(7-19)14-11(16)2-1-3-12(14)18/h1-6,13,20H,7,19H2. The molecule has 0 radical (unpaired) electrons. The van der Waals surface area contributed by atoms with Gasteiger partial charge in [-0.15, -0.1) is 0 Å². The summed E-state index contributed by atoms with van der Waals surface area (Å²) in [6.07, 6.45) is 0. The third kappa shape index (κ3) is 3.39. The minimum atomic E-state index is -0.582. The van der Waals surface area contributed by atoms with Crippen LogP contribution < -0.4 is 11.1 Å². The van der Waals surface area contributed by atoms with E-state index in [0.717, 1.165) is 0 Å². The number of nitrogens with one attached hydrogen (secondary N) is 1. The number of nitrogens with two attached hydrogens (primary N) is 1. The van der Waals surface area contributed by atoms with Gasteiger partial charge in [-0.2, -0.15) is 0 Å². The van der Waals surface area contributed by atoms with E-state index in [-0.39, 0.29) is 22.2 Å². The molecule has 1 atom stereocenters. The Hall–Kier alpha value is -1.36. The number of halogens is 4. The van der Waals surface area contributed by atoms with Crippen LogP contribution in [-0.4, -0.2) is 6.54 Å². The smallest absolute Gasteiger partial charge is 0.130 e. The monoisotopic (exact) mass is 316 g/mol. The van der Waals surface area contributed by atoms with Crippen LogP contribution in [0.25, 0.3) is 0 Å². The van der Waals surface area contributed by atoms with E-state index in [2.05, 4.69) is 5.32 Å². The molecule has 0 aliphatic heterocycles. The normalized spacial score (nSPS) is 12.2. The Morgan fingerprint density at radius 2 is 1.90 bits per heavy atom. The van der Waals surface area contributed by atoms with Crippen molar-refractivity contribution in [3.8, 4) is 0 Å². The fourth-order valence-electron chi connectivity index (χ4n) is 1.93. The van der Waals surface area contributed by atoms with Crippen LogP contribution in [0.3, 0.4) is 0 Å². The maximum Gasteiger partial charge on any atom is 0.130 e. The van der Waals surface area contributed by atoms with E-state index in [0.29, 0.717) is 5.69 Å². The van der Waals surface area contributed by atoms with E-state index in [9.17, 15) is 8.78 Å². The lowest BCUT2D eigenvalue weighted by atomic mass is 10.1. The van der Waals surface area contributed by atoms with Crippen LogP contribution in [0, 0.1) is 11.6 Å². The van der Waals surface area contributed by atoms with Gasteiger partial charge in [0, 0.05) is 27.8 Å². The zero-order valence-electron chi connectivity index (χ0n) is 10.3. The third-order valence-electron chi connectivity index (χ3n) is 2.79. The van der Waals surface area contributed by atoms with Crippen LogP contribution in [-0.2, 0) is 0 Å². The maximum atomic E-state index is 13.9. The molecule has 0 aliphatic carbocycles. The highest BCUT2D eigenvalue weighted by atomic mass is 35.5. The molecule has 0 fully saturated rings. The van der Waals surface area contributed by atoms with Crippen molar-refractivity contribution in [3.05, 3.63) is 63.6 Å². The third-order valence-corrected chi connectivity index (χ3v) is 3.34. The summed E-state index contributed by atoms with van der Waals surface area (Å²) in [5.41, 5.74) is 6.31. The molecule has 2 nitrogen and oxygen atoms in total. The lowest BCUT2D eigenvalue weighted by molar-refractivity contribution is 0.593. The van der Waals surface area contributed by atoms with Gasteiger partial charge in [-0.3, -0.25) is 0 Å². The number of rotatable bonds is 4. The van der Waals surface area contributed by atoms with Crippen molar-refractivity contribution in [2.24, 2.45) is 5.73 Å². The Bertz CT molecular complexity index is 580. The molecule has 106 valence electrons. The molecule has 0 spiro atoms.